The number of benzene rings is 2. The molecule has 0 aromatic heterocycles. The van der Waals surface area contributed by atoms with Crippen molar-refractivity contribution in [3.05, 3.63) is 60.2 Å². The zero-order chi connectivity index (χ0) is 26.5. The minimum absolute atomic E-state index is 0.0135. The Morgan fingerprint density at radius 2 is 1.47 bits per heavy atom. The summed E-state index contributed by atoms with van der Waals surface area (Å²) in [6.45, 7) is 1.36. The van der Waals surface area contributed by atoms with Crippen molar-refractivity contribution in [2.24, 2.45) is 11.8 Å². The Labute approximate surface area is 223 Å². The molecule has 2 saturated heterocycles. The molecule has 1 atom stereocenters. The second kappa shape index (κ2) is 11.8. The number of para-hydroxylation sites is 2. The van der Waals surface area contributed by atoms with Gasteiger partial charge in [-0.2, -0.15) is 0 Å². The van der Waals surface area contributed by atoms with Gasteiger partial charge in [0.15, 0.2) is 0 Å². The van der Waals surface area contributed by atoms with Crippen LogP contribution in [0, 0.1) is 11.8 Å². The molecule has 5 rings (SSSR count). The first-order valence-corrected chi connectivity index (χ1v) is 13.8. The first-order chi connectivity index (χ1) is 18.5. The topological polar surface area (TPSA) is 98.8 Å². The highest BCUT2D eigenvalue weighted by Crippen LogP contribution is 2.28. The van der Waals surface area contributed by atoms with E-state index in [9.17, 15) is 19.2 Å². The lowest BCUT2D eigenvalue weighted by Crippen LogP contribution is -2.44. The minimum Gasteiger partial charge on any atom is -0.349 e. The molecule has 2 aromatic rings. The van der Waals surface area contributed by atoms with Crippen LogP contribution >= 0.6 is 0 Å². The third-order valence-corrected chi connectivity index (χ3v) is 8.09. The standard InChI is InChI=1S/C30H36N4O4/c35-27-19-22(20-34(27)24-11-5-2-6-12-24)30(38)33-17-15-21(16-18-33)28(36)32-26-14-8-7-13-25(26)29(37)31-23-9-3-1-4-10-23/h2,5-8,11-14,21-23H,1,3-4,9-10,15-20H2,(H,31,37)(H,32,36). The van der Waals surface area contributed by atoms with Gasteiger partial charge < -0.3 is 20.4 Å². The summed E-state index contributed by atoms with van der Waals surface area (Å²) in [6, 6.07) is 16.8. The second-order valence-electron chi connectivity index (χ2n) is 10.7. The molecule has 2 heterocycles. The molecule has 38 heavy (non-hydrogen) atoms. The molecule has 1 aliphatic carbocycles. The van der Waals surface area contributed by atoms with E-state index in [1.165, 1.54) is 6.42 Å². The van der Waals surface area contributed by atoms with Crippen LogP contribution < -0.4 is 15.5 Å². The zero-order valence-electron chi connectivity index (χ0n) is 21.7. The van der Waals surface area contributed by atoms with Crippen LogP contribution in [0.4, 0.5) is 11.4 Å². The van der Waals surface area contributed by atoms with Gasteiger partial charge in [0.25, 0.3) is 5.91 Å². The molecule has 2 aromatic carbocycles. The van der Waals surface area contributed by atoms with Crippen molar-refractivity contribution in [1.29, 1.82) is 0 Å². The predicted molar refractivity (Wildman–Crippen MR) is 146 cm³/mol. The van der Waals surface area contributed by atoms with Gasteiger partial charge in [0, 0.05) is 43.7 Å². The molecule has 3 fully saturated rings. The van der Waals surface area contributed by atoms with Gasteiger partial charge in [0.1, 0.15) is 0 Å². The second-order valence-corrected chi connectivity index (χ2v) is 10.7. The molecule has 0 radical (unpaired) electrons. The van der Waals surface area contributed by atoms with E-state index < -0.39 is 0 Å². The van der Waals surface area contributed by atoms with E-state index in [1.54, 1.807) is 21.9 Å². The number of hydrogen-bond donors (Lipinski definition) is 2. The maximum absolute atomic E-state index is 13.2. The third-order valence-electron chi connectivity index (χ3n) is 8.09. The number of nitrogens with zero attached hydrogens (tertiary/aromatic N) is 2. The van der Waals surface area contributed by atoms with Crippen molar-refractivity contribution in [2.75, 3.05) is 29.9 Å². The maximum Gasteiger partial charge on any atom is 0.253 e. The quantitative estimate of drug-likeness (QED) is 0.607. The van der Waals surface area contributed by atoms with Crippen LogP contribution in [-0.2, 0) is 14.4 Å². The fourth-order valence-corrected chi connectivity index (χ4v) is 5.89. The summed E-state index contributed by atoms with van der Waals surface area (Å²) in [4.78, 5) is 55.3. The molecule has 0 spiro atoms. The lowest BCUT2D eigenvalue weighted by molar-refractivity contribution is -0.138. The van der Waals surface area contributed by atoms with Gasteiger partial charge in [0.2, 0.25) is 17.7 Å². The highest BCUT2D eigenvalue weighted by atomic mass is 16.2. The lowest BCUT2D eigenvalue weighted by atomic mass is 9.94. The van der Waals surface area contributed by atoms with E-state index in [2.05, 4.69) is 10.6 Å². The van der Waals surface area contributed by atoms with Crippen LogP contribution in [0.1, 0.15) is 61.7 Å². The number of likely N-dealkylation sites (tertiary alicyclic amines) is 1. The number of nitrogens with one attached hydrogen (secondary N) is 2. The number of anilines is 2. The summed E-state index contributed by atoms with van der Waals surface area (Å²) in [5.74, 6) is -0.914. The Balaban J connectivity index is 1.13. The smallest absolute Gasteiger partial charge is 0.253 e. The fraction of sp³-hybridized carbons (Fsp3) is 0.467. The predicted octanol–water partition coefficient (Wildman–Crippen LogP) is 3.98. The average Bonchev–Trinajstić information content (AvgIpc) is 3.35. The summed E-state index contributed by atoms with van der Waals surface area (Å²) in [7, 11) is 0. The molecule has 8 heteroatoms. The Kier molecular flexibility index (Phi) is 8.05. The van der Waals surface area contributed by atoms with Crippen molar-refractivity contribution in [3.63, 3.8) is 0 Å². The normalized spacial score (nSPS) is 20.8. The molecule has 8 nitrogen and oxygen atoms in total. The Hall–Kier alpha value is -3.68. The molecule has 2 aliphatic heterocycles. The van der Waals surface area contributed by atoms with Crippen LogP contribution in [0.2, 0.25) is 0 Å². The van der Waals surface area contributed by atoms with Crippen LogP contribution in [0.25, 0.3) is 0 Å². The molecule has 1 saturated carbocycles. The van der Waals surface area contributed by atoms with Gasteiger partial charge >= 0.3 is 0 Å². The molecule has 0 bridgehead atoms. The SMILES string of the molecule is O=C(NC1CCCCC1)c1ccccc1NC(=O)C1CCN(C(=O)C2CC(=O)N(c3ccccc3)C2)CC1. The Bertz CT molecular complexity index is 1170. The number of amides is 4. The summed E-state index contributed by atoms with van der Waals surface area (Å²) in [6.07, 6.45) is 6.80. The Morgan fingerprint density at radius 1 is 0.789 bits per heavy atom. The third kappa shape index (κ3) is 5.90. The van der Waals surface area contributed by atoms with E-state index in [4.69, 9.17) is 0 Å². The number of hydrogen-bond acceptors (Lipinski definition) is 4. The number of piperidine rings is 1. The van der Waals surface area contributed by atoms with E-state index in [1.807, 2.05) is 42.5 Å². The molecular formula is C30H36N4O4. The first-order valence-electron chi connectivity index (χ1n) is 13.8. The Morgan fingerprint density at radius 3 is 2.21 bits per heavy atom. The van der Waals surface area contributed by atoms with Crippen LogP contribution in [0.5, 0.6) is 0 Å². The van der Waals surface area contributed by atoms with Crippen LogP contribution in [0.15, 0.2) is 54.6 Å². The fourth-order valence-electron chi connectivity index (χ4n) is 5.89. The van der Waals surface area contributed by atoms with Gasteiger partial charge in [-0.1, -0.05) is 49.6 Å². The molecule has 3 aliphatic rings. The first kappa shape index (κ1) is 25.9. The molecule has 2 N–H and O–H groups in total. The van der Waals surface area contributed by atoms with Gasteiger partial charge in [-0.25, -0.2) is 0 Å². The lowest BCUT2D eigenvalue weighted by Gasteiger charge is -2.33. The van der Waals surface area contributed by atoms with Crippen molar-refractivity contribution in [3.8, 4) is 0 Å². The van der Waals surface area contributed by atoms with Gasteiger partial charge in [-0.05, 0) is 49.9 Å². The number of rotatable bonds is 6. The minimum atomic E-state index is -0.359. The maximum atomic E-state index is 13.2. The molecule has 4 amide bonds. The van der Waals surface area contributed by atoms with E-state index in [0.29, 0.717) is 43.7 Å². The van der Waals surface area contributed by atoms with Crippen LogP contribution in [-0.4, -0.2) is 54.2 Å². The molecule has 1 unspecified atom stereocenters. The van der Waals surface area contributed by atoms with E-state index in [-0.39, 0.29) is 47.9 Å². The highest BCUT2D eigenvalue weighted by molar-refractivity contribution is 6.04. The largest absolute Gasteiger partial charge is 0.349 e. The average molecular weight is 517 g/mol. The van der Waals surface area contributed by atoms with Crippen molar-refractivity contribution >= 4 is 35.0 Å². The summed E-state index contributed by atoms with van der Waals surface area (Å²) >= 11 is 0. The van der Waals surface area contributed by atoms with Gasteiger partial charge in [0.05, 0.1) is 17.2 Å². The molecule has 200 valence electrons. The summed E-state index contributed by atoms with van der Waals surface area (Å²) in [5.41, 5.74) is 1.82. The molecular weight excluding hydrogens is 480 g/mol. The number of carbonyl (C=O) groups is 4. The zero-order valence-corrected chi connectivity index (χ0v) is 21.7. The van der Waals surface area contributed by atoms with E-state index >= 15 is 0 Å². The summed E-state index contributed by atoms with van der Waals surface area (Å²) < 4.78 is 0. The highest BCUT2D eigenvalue weighted by Gasteiger charge is 2.38. The summed E-state index contributed by atoms with van der Waals surface area (Å²) in [5, 5.41) is 6.10. The van der Waals surface area contributed by atoms with Gasteiger partial charge in [-0.15, -0.1) is 0 Å². The van der Waals surface area contributed by atoms with Gasteiger partial charge in [-0.3, -0.25) is 19.2 Å². The van der Waals surface area contributed by atoms with E-state index in [0.717, 1.165) is 31.4 Å². The van der Waals surface area contributed by atoms with Crippen LogP contribution in [0.3, 0.4) is 0 Å². The van der Waals surface area contributed by atoms with Crippen molar-refractivity contribution in [2.45, 2.75) is 57.4 Å². The van der Waals surface area contributed by atoms with Crippen molar-refractivity contribution < 1.29 is 19.2 Å². The monoisotopic (exact) mass is 516 g/mol. The van der Waals surface area contributed by atoms with Crippen molar-refractivity contribution in [1.82, 2.24) is 10.2 Å². The number of carbonyl (C=O) groups excluding carboxylic acids is 4.